The molecule has 0 fully saturated rings. The van der Waals surface area contributed by atoms with E-state index in [1.54, 1.807) is 0 Å². The SMILES string of the molecule is CCCCCCCCCCCCCCOC(=O)CCCCCCCCC(=O)OC(CCC)CCC. The molecule has 0 aromatic heterocycles. The maximum Gasteiger partial charge on any atom is 0.306 e. The van der Waals surface area contributed by atoms with Crippen LogP contribution in [0.2, 0.25) is 0 Å². The summed E-state index contributed by atoms with van der Waals surface area (Å²) >= 11 is 0. The van der Waals surface area contributed by atoms with Crippen molar-refractivity contribution in [2.24, 2.45) is 0 Å². The number of hydrogen-bond acceptors (Lipinski definition) is 4. The summed E-state index contributed by atoms with van der Waals surface area (Å²) in [5.74, 6) is -0.0719. The van der Waals surface area contributed by atoms with Crippen molar-refractivity contribution < 1.29 is 19.1 Å². The Balaban J connectivity index is 3.36. The van der Waals surface area contributed by atoms with Gasteiger partial charge in [0.25, 0.3) is 0 Å². The van der Waals surface area contributed by atoms with E-state index in [9.17, 15) is 9.59 Å². The molecular weight excluding hydrogens is 436 g/mol. The maximum absolute atomic E-state index is 12.0. The zero-order chi connectivity index (χ0) is 25.8. The summed E-state index contributed by atoms with van der Waals surface area (Å²) in [7, 11) is 0. The van der Waals surface area contributed by atoms with E-state index in [0.717, 1.165) is 70.6 Å². The smallest absolute Gasteiger partial charge is 0.306 e. The predicted molar refractivity (Wildman–Crippen MR) is 149 cm³/mol. The number of esters is 2. The fourth-order valence-electron chi connectivity index (χ4n) is 4.60. The predicted octanol–water partition coefficient (Wildman–Crippen LogP) is 9.86. The topological polar surface area (TPSA) is 52.6 Å². The lowest BCUT2D eigenvalue weighted by Crippen LogP contribution is -2.17. The van der Waals surface area contributed by atoms with Crippen LogP contribution in [0.25, 0.3) is 0 Å². The molecule has 0 spiro atoms. The summed E-state index contributed by atoms with van der Waals surface area (Å²) in [5, 5.41) is 0. The van der Waals surface area contributed by atoms with Gasteiger partial charge >= 0.3 is 11.9 Å². The fraction of sp³-hybridized carbons (Fsp3) is 0.935. The number of hydrogen-bond donors (Lipinski definition) is 0. The molecule has 35 heavy (non-hydrogen) atoms. The second kappa shape index (κ2) is 27.5. The Morgan fingerprint density at radius 2 is 0.886 bits per heavy atom. The molecule has 0 saturated carbocycles. The number of unbranched alkanes of at least 4 members (excludes halogenated alkanes) is 16. The molecule has 0 atom stereocenters. The lowest BCUT2D eigenvalue weighted by Gasteiger charge is -2.16. The van der Waals surface area contributed by atoms with Crippen LogP contribution in [0.4, 0.5) is 0 Å². The molecule has 4 heteroatoms. The maximum atomic E-state index is 12.0. The minimum atomic E-state index is -0.0375. The van der Waals surface area contributed by atoms with Crippen LogP contribution in [-0.2, 0) is 19.1 Å². The van der Waals surface area contributed by atoms with Crippen molar-refractivity contribution >= 4 is 11.9 Å². The molecule has 0 aromatic rings. The lowest BCUT2D eigenvalue weighted by atomic mass is 10.1. The molecule has 4 nitrogen and oxygen atoms in total. The highest BCUT2D eigenvalue weighted by Crippen LogP contribution is 2.14. The summed E-state index contributed by atoms with van der Waals surface area (Å²) in [4.78, 5) is 23.8. The molecule has 0 saturated heterocycles. The van der Waals surface area contributed by atoms with Crippen LogP contribution in [0.5, 0.6) is 0 Å². The third-order valence-corrected chi connectivity index (χ3v) is 6.79. The Morgan fingerprint density at radius 1 is 0.486 bits per heavy atom. The summed E-state index contributed by atoms with van der Waals surface area (Å²) in [6.07, 6.45) is 27.3. The summed E-state index contributed by atoms with van der Waals surface area (Å²) in [5.41, 5.74) is 0. The molecule has 0 aliphatic rings. The molecule has 0 unspecified atom stereocenters. The molecule has 208 valence electrons. The van der Waals surface area contributed by atoms with Gasteiger partial charge in [-0.2, -0.15) is 0 Å². The van der Waals surface area contributed by atoms with Crippen molar-refractivity contribution in [2.45, 2.75) is 181 Å². The summed E-state index contributed by atoms with van der Waals surface area (Å²) in [6.45, 7) is 7.13. The van der Waals surface area contributed by atoms with E-state index in [-0.39, 0.29) is 18.0 Å². The van der Waals surface area contributed by atoms with Crippen molar-refractivity contribution in [3.05, 3.63) is 0 Å². The Bertz CT molecular complexity index is 457. The largest absolute Gasteiger partial charge is 0.466 e. The van der Waals surface area contributed by atoms with Gasteiger partial charge in [-0.15, -0.1) is 0 Å². The second-order valence-electron chi connectivity index (χ2n) is 10.4. The van der Waals surface area contributed by atoms with Gasteiger partial charge in [0.05, 0.1) is 6.61 Å². The number of ether oxygens (including phenoxy) is 2. The van der Waals surface area contributed by atoms with Crippen LogP contribution in [0, 0.1) is 0 Å². The third kappa shape index (κ3) is 25.8. The summed E-state index contributed by atoms with van der Waals surface area (Å²) < 4.78 is 11.0. The van der Waals surface area contributed by atoms with Gasteiger partial charge in [-0.3, -0.25) is 9.59 Å². The first-order chi connectivity index (χ1) is 17.1. The van der Waals surface area contributed by atoms with E-state index in [1.807, 2.05) is 0 Å². The van der Waals surface area contributed by atoms with Crippen molar-refractivity contribution in [1.29, 1.82) is 0 Å². The molecule has 0 aromatic carbocycles. The third-order valence-electron chi connectivity index (χ3n) is 6.79. The van der Waals surface area contributed by atoms with Gasteiger partial charge in [-0.1, -0.05) is 130 Å². The molecule has 0 heterocycles. The van der Waals surface area contributed by atoms with Gasteiger partial charge in [0.2, 0.25) is 0 Å². The van der Waals surface area contributed by atoms with Gasteiger partial charge in [-0.05, 0) is 32.1 Å². The highest BCUT2D eigenvalue weighted by molar-refractivity contribution is 5.69. The minimum absolute atomic E-state index is 0.0344. The van der Waals surface area contributed by atoms with E-state index in [4.69, 9.17) is 9.47 Å². The van der Waals surface area contributed by atoms with Gasteiger partial charge in [-0.25, -0.2) is 0 Å². The molecule has 0 rings (SSSR count). The zero-order valence-corrected chi connectivity index (χ0v) is 23.9. The number of carbonyl (C=O) groups is 2. The van der Waals surface area contributed by atoms with E-state index < -0.39 is 0 Å². The van der Waals surface area contributed by atoms with Gasteiger partial charge in [0.15, 0.2) is 0 Å². The normalized spacial score (nSPS) is 11.2. The van der Waals surface area contributed by atoms with Gasteiger partial charge in [0.1, 0.15) is 6.10 Å². The van der Waals surface area contributed by atoms with E-state index in [1.165, 1.54) is 70.6 Å². The highest BCUT2D eigenvalue weighted by Gasteiger charge is 2.12. The van der Waals surface area contributed by atoms with Gasteiger partial charge in [0, 0.05) is 12.8 Å². The zero-order valence-electron chi connectivity index (χ0n) is 23.9. The van der Waals surface area contributed by atoms with Crippen molar-refractivity contribution in [3.63, 3.8) is 0 Å². The Hall–Kier alpha value is -1.06. The molecular formula is C31H60O4. The standard InChI is InChI=1S/C31H60O4/c1-4-7-8-9-10-11-12-13-14-17-20-23-28-34-30(32)26-21-18-15-16-19-22-27-31(33)35-29(24-5-2)25-6-3/h29H,4-28H2,1-3H3. The first-order valence-electron chi connectivity index (χ1n) is 15.5. The number of carbonyl (C=O) groups excluding carboxylic acids is 2. The molecule has 0 radical (unpaired) electrons. The van der Waals surface area contributed by atoms with Gasteiger partial charge < -0.3 is 9.47 Å². The van der Waals surface area contributed by atoms with E-state index in [2.05, 4.69) is 20.8 Å². The summed E-state index contributed by atoms with van der Waals surface area (Å²) in [6, 6.07) is 0. The second-order valence-corrected chi connectivity index (χ2v) is 10.4. The first kappa shape index (κ1) is 33.9. The number of rotatable bonds is 27. The average molecular weight is 497 g/mol. The van der Waals surface area contributed by atoms with Crippen LogP contribution in [0.15, 0.2) is 0 Å². The lowest BCUT2D eigenvalue weighted by molar-refractivity contribution is -0.150. The molecule has 0 N–H and O–H groups in total. The van der Waals surface area contributed by atoms with Crippen molar-refractivity contribution in [2.75, 3.05) is 6.61 Å². The quantitative estimate of drug-likeness (QED) is 0.0838. The van der Waals surface area contributed by atoms with Crippen molar-refractivity contribution in [3.8, 4) is 0 Å². The Morgan fingerprint density at radius 3 is 1.34 bits per heavy atom. The van der Waals surface area contributed by atoms with Crippen molar-refractivity contribution in [1.82, 2.24) is 0 Å². The van der Waals surface area contributed by atoms with Crippen LogP contribution in [0.1, 0.15) is 175 Å². The van der Waals surface area contributed by atoms with Crippen LogP contribution in [-0.4, -0.2) is 24.6 Å². The molecule has 0 aliphatic carbocycles. The van der Waals surface area contributed by atoms with Crippen LogP contribution >= 0.6 is 0 Å². The van der Waals surface area contributed by atoms with Crippen LogP contribution < -0.4 is 0 Å². The minimum Gasteiger partial charge on any atom is -0.466 e. The monoisotopic (exact) mass is 496 g/mol. The Labute approximate surface area is 218 Å². The average Bonchev–Trinajstić information content (AvgIpc) is 2.84. The fourth-order valence-corrected chi connectivity index (χ4v) is 4.60. The van der Waals surface area contributed by atoms with E-state index >= 15 is 0 Å². The molecule has 0 aliphatic heterocycles. The van der Waals surface area contributed by atoms with E-state index in [0.29, 0.717) is 19.4 Å². The Kier molecular flexibility index (Phi) is 26.7. The van der Waals surface area contributed by atoms with Crippen LogP contribution in [0.3, 0.4) is 0 Å². The molecule has 0 amide bonds. The highest BCUT2D eigenvalue weighted by atomic mass is 16.5. The first-order valence-corrected chi connectivity index (χ1v) is 15.5. The molecule has 0 bridgehead atoms.